The van der Waals surface area contributed by atoms with E-state index in [0.717, 1.165) is 17.1 Å². The van der Waals surface area contributed by atoms with E-state index in [1.54, 1.807) is 18.9 Å². The first kappa shape index (κ1) is 16.4. The predicted molar refractivity (Wildman–Crippen MR) is 91.3 cm³/mol. The van der Waals surface area contributed by atoms with Crippen molar-refractivity contribution in [1.29, 1.82) is 0 Å². The number of nitrogens with one attached hydrogen (secondary N) is 1. The summed E-state index contributed by atoms with van der Waals surface area (Å²) in [6, 6.07) is 17.8. The van der Waals surface area contributed by atoms with Crippen LogP contribution in [-0.2, 0) is 4.79 Å². The molecule has 0 radical (unpaired) electrons. The lowest BCUT2D eigenvalue weighted by Gasteiger charge is -2.17. The highest BCUT2D eigenvalue weighted by Crippen LogP contribution is 2.24. The van der Waals surface area contributed by atoms with Crippen molar-refractivity contribution < 1.29 is 9.53 Å². The number of hydrogen-bond donors (Lipinski definition) is 1. The van der Waals surface area contributed by atoms with Crippen molar-refractivity contribution in [2.75, 3.05) is 12.9 Å². The zero-order valence-corrected chi connectivity index (χ0v) is 13.7. The van der Waals surface area contributed by atoms with Crippen LogP contribution in [0, 0.1) is 0 Å². The first-order chi connectivity index (χ1) is 10.7. The lowest BCUT2D eigenvalue weighted by atomic mass is 10.1. The summed E-state index contributed by atoms with van der Waals surface area (Å²) in [6.45, 7) is 1.97. The van der Waals surface area contributed by atoms with E-state index in [1.807, 2.05) is 49.4 Å². The van der Waals surface area contributed by atoms with Crippen LogP contribution in [0.3, 0.4) is 0 Å². The van der Waals surface area contributed by atoms with Crippen LogP contribution in [0.2, 0.25) is 0 Å². The summed E-state index contributed by atoms with van der Waals surface area (Å²) in [5.74, 6) is 1.63. The molecular formula is C18H21NO2S. The first-order valence-corrected chi connectivity index (χ1v) is 8.29. The smallest absolute Gasteiger partial charge is 0.221 e. The molecule has 0 spiro atoms. The Morgan fingerprint density at radius 1 is 1.14 bits per heavy atom. The van der Waals surface area contributed by atoms with Crippen LogP contribution in [0.15, 0.2) is 59.5 Å². The van der Waals surface area contributed by atoms with Gasteiger partial charge in [-0.2, -0.15) is 0 Å². The molecule has 3 nitrogen and oxygen atoms in total. The number of amides is 1. The molecule has 0 heterocycles. The molecule has 1 amide bonds. The molecule has 0 aliphatic heterocycles. The van der Waals surface area contributed by atoms with Crippen molar-refractivity contribution in [2.45, 2.75) is 24.3 Å². The van der Waals surface area contributed by atoms with Gasteiger partial charge in [-0.1, -0.05) is 36.4 Å². The minimum absolute atomic E-state index is 0.0573. The van der Waals surface area contributed by atoms with Gasteiger partial charge in [-0.3, -0.25) is 4.79 Å². The Kier molecular flexibility index (Phi) is 6.34. The topological polar surface area (TPSA) is 38.3 Å². The highest BCUT2D eigenvalue weighted by Gasteiger charge is 2.13. The number of hydrogen-bond acceptors (Lipinski definition) is 3. The number of benzene rings is 2. The third kappa shape index (κ3) is 4.81. The number of carbonyl (C=O) groups is 1. The van der Waals surface area contributed by atoms with Gasteiger partial charge in [0.25, 0.3) is 0 Å². The summed E-state index contributed by atoms with van der Waals surface area (Å²) >= 11 is 1.69. The Bertz CT molecular complexity index is 601. The van der Waals surface area contributed by atoms with Gasteiger partial charge in [0.05, 0.1) is 13.2 Å². The molecule has 0 bridgehead atoms. The van der Waals surface area contributed by atoms with Crippen LogP contribution < -0.4 is 10.1 Å². The van der Waals surface area contributed by atoms with Gasteiger partial charge in [-0.25, -0.2) is 0 Å². The number of para-hydroxylation sites is 1. The molecule has 0 fully saturated rings. The van der Waals surface area contributed by atoms with Gasteiger partial charge in [0, 0.05) is 22.6 Å². The normalized spacial score (nSPS) is 11.7. The van der Waals surface area contributed by atoms with Crippen LogP contribution in [0.25, 0.3) is 0 Å². The Morgan fingerprint density at radius 3 is 2.55 bits per heavy atom. The average Bonchev–Trinajstić information content (AvgIpc) is 2.55. The summed E-state index contributed by atoms with van der Waals surface area (Å²) in [6.07, 6.45) is 0.499. The standard InChI is InChI=1S/C18H21NO2S/c1-14(16-10-6-7-11-17(16)21-2)19-18(20)12-13-22-15-8-4-3-5-9-15/h3-11,14H,12-13H2,1-2H3,(H,19,20)/t14-/m1/s1. The molecule has 1 N–H and O–H groups in total. The van der Waals surface area contributed by atoms with Gasteiger partial charge in [-0.05, 0) is 25.1 Å². The Balaban J connectivity index is 1.81. The summed E-state index contributed by atoms with van der Waals surface area (Å²) in [7, 11) is 1.64. The van der Waals surface area contributed by atoms with Crippen LogP contribution >= 0.6 is 11.8 Å². The van der Waals surface area contributed by atoms with E-state index >= 15 is 0 Å². The zero-order chi connectivity index (χ0) is 15.8. The average molecular weight is 315 g/mol. The van der Waals surface area contributed by atoms with E-state index in [2.05, 4.69) is 17.4 Å². The fourth-order valence-corrected chi connectivity index (χ4v) is 3.07. The molecule has 22 heavy (non-hydrogen) atoms. The molecule has 0 aliphatic carbocycles. The summed E-state index contributed by atoms with van der Waals surface area (Å²) in [5, 5.41) is 3.02. The van der Waals surface area contributed by atoms with E-state index in [0.29, 0.717) is 6.42 Å². The van der Waals surface area contributed by atoms with Crippen LogP contribution in [0.4, 0.5) is 0 Å². The number of thioether (sulfide) groups is 1. The van der Waals surface area contributed by atoms with Crippen LogP contribution in [0.1, 0.15) is 24.9 Å². The predicted octanol–water partition coefficient (Wildman–Crippen LogP) is 4.05. The highest BCUT2D eigenvalue weighted by molar-refractivity contribution is 7.99. The van der Waals surface area contributed by atoms with E-state index in [1.165, 1.54) is 4.90 Å². The van der Waals surface area contributed by atoms with Gasteiger partial charge in [0.1, 0.15) is 5.75 Å². The molecule has 0 unspecified atom stereocenters. The van der Waals surface area contributed by atoms with E-state index in [-0.39, 0.29) is 11.9 Å². The van der Waals surface area contributed by atoms with Crippen molar-refractivity contribution in [3.05, 3.63) is 60.2 Å². The van der Waals surface area contributed by atoms with Gasteiger partial charge in [0.2, 0.25) is 5.91 Å². The zero-order valence-electron chi connectivity index (χ0n) is 12.9. The van der Waals surface area contributed by atoms with E-state index < -0.39 is 0 Å². The third-order valence-corrected chi connectivity index (χ3v) is 4.34. The molecule has 4 heteroatoms. The minimum atomic E-state index is -0.0645. The second-order valence-corrected chi connectivity index (χ2v) is 6.11. The van der Waals surface area contributed by atoms with Gasteiger partial charge in [0.15, 0.2) is 0 Å². The Morgan fingerprint density at radius 2 is 1.82 bits per heavy atom. The largest absolute Gasteiger partial charge is 0.496 e. The maximum atomic E-state index is 12.1. The lowest BCUT2D eigenvalue weighted by Crippen LogP contribution is -2.27. The fourth-order valence-electron chi connectivity index (χ4n) is 2.19. The van der Waals surface area contributed by atoms with Crippen molar-refractivity contribution >= 4 is 17.7 Å². The van der Waals surface area contributed by atoms with Crippen LogP contribution in [-0.4, -0.2) is 18.8 Å². The molecular weight excluding hydrogens is 294 g/mol. The van der Waals surface area contributed by atoms with E-state index in [4.69, 9.17) is 4.74 Å². The maximum absolute atomic E-state index is 12.1. The van der Waals surface area contributed by atoms with Gasteiger partial charge >= 0.3 is 0 Å². The number of methoxy groups -OCH3 is 1. The Hall–Kier alpha value is -1.94. The highest BCUT2D eigenvalue weighted by atomic mass is 32.2. The molecule has 2 aromatic rings. The monoisotopic (exact) mass is 315 g/mol. The lowest BCUT2D eigenvalue weighted by molar-refractivity contribution is -0.121. The molecule has 2 aromatic carbocycles. The molecule has 2 rings (SSSR count). The summed E-state index contributed by atoms with van der Waals surface area (Å²) < 4.78 is 5.33. The summed E-state index contributed by atoms with van der Waals surface area (Å²) in [5.41, 5.74) is 0.995. The second-order valence-electron chi connectivity index (χ2n) is 4.94. The summed E-state index contributed by atoms with van der Waals surface area (Å²) in [4.78, 5) is 13.2. The van der Waals surface area contributed by atoms with Crippen molar-refractivity contribution in [3.63, 3.8) is 0 Å². The quantitative estimate of drug-likeness (QED) is 0.783. The number of rotatable bonds is 7. The number of ether oxygens (including phenoxy) is 1. The van der Waals surface area contributed by atoms with Crippen LogP contribution in [0.5, 0.6) is 5.75 Å². The van der Waals surface area contributed by atoms with Crippen molar-refractivity contribution in [1.82, 2.24) is 5.32 Å². The molecule has 0 aromatic heterocycles. The molecule has 0 saturated carbocycles. The van der Waals surface area contributed by atoms with Gasteiger partial charge in [-0.15, -0.1) is 11.8 Å². The molecule has 1 atom stereocenters. The van der Waals surface area contributed by atoms with Crippen molar-refractivity contribution in [2.24, 2.45) is 0 Å². The van der Waals surface area contributed by atoms with E-state index in [9.17, 15) is 4.79 Å². The molecule has 116 valence electrons. The first-order valence-electron chi connectivity index (χ1n) is 7.31. The molecule has 0 aliphatic rings. The number of carbonyl (C=O) groups excluding carboxylic acids is 1. The Labute approximate surface area is 136 Å². The van der Waals surface area contributed by atoms with Gasteiger partial charge < -0.3 is 10.1 Å². The van der Waals surface area contributed by atoms with Crippen molar-refractivity contribution in [3.8, 4) is 5.75 Å². The minimum Gasteiger partial charge on any atom is -0.496 e. The second kappa shape index (κ2) is 8.49. The SMILES string of the molecule is COc1ccccc1[C@@H](C)NC(=O)CCSc1ccccc1. The fraction of sp³-hybridized carbons (Fsp3) is 0.278. The molecule has 0 saturated heterocycles. The maximum Gasteiger partial charge on any atom is 0.221 e. The third-order valence-electron chi connectivity index (χ3n) is 3.32.